The van der Waals surface area contributed by atoms with Gasteiger partial charge >= 0.3 is 0 Å². The van der Waals surface area contributed by atoms with Gasteiger partial charge in [0.05, 0.1) is 5.69 Å². The number of thiophene rings is 1. The summed E-state index contributed by atoms with van der Waals surface area (Å²) in [5.74, 6) is 0. The lowest BCUT2D eigenvalue weighted by Gasteiger charge is -2.40. The maximum absolute atomic E-state index is 2.54. The fraction of sp³-hybridized carbons (Fsp3) is 0.103. The van der Waals surface area contributed by atoms with E-state index in [0.717, 1.165) is 5.69 Å². The second kappa shape index (κ2) is 12.9. The Balaban J connectivity index is 1.10. The zero-order valence-electron chi connectivity index (χ0n) is 34.3. The van der Waals surface area contributed by atoms with Crippen molar-refractivity contribution in [2.24, 2.45) is 0 Å². The van der Waals surface area contributed by atoms with Gasteiger partial charge in [0.15, 0.2) is 0 Å². The third-order valence-electron chi connectivity index (χ3n) is 13.6. The molecule has 60 heavy (non-hydrogen) atoms. The Hall–Kier alpha value is -6.74. The van der Waals surface area contributed by atoms with Crippen molar-refractivity contribution in [1.29, 1.82) is 0 Å². The molecule has 0 bridgehead atoms. The molecule has 0 radical (unpaired) electrons. The van der Waals surface area contributed by atoms with Crippen molar-refractivity contribution >= 4 is 59.3 Å². The van der Waals surface area contributed by atoms with E-state index in [4.69, 9.17) is 0 Å². The first kappa shape index (κ1) is 35.2. The average Bonchev–Trinajstić information content (AvgIpc) is 3.78. The van der Waals surface area contributed by atoms with Crippen molar-refractivity contribution < 1.29 is 0 Å². The minimum Gasteiger partial charge on any atom is -0.310 e. The average molecular weight is 786 g/mol. The Morgan fingerprint density at radius 1 is 0.417 bits per heavy atom. The fourth-order valence-electron chi connectivity index (χ4n) is 10.8. The van der Waals surface area contributed by atoms with Crippen molar-refractivity contribution in [3.63, 3.8) is 0 Å². The molecule has 1 aromatic heterocycles. The van der Waals surface area contributed by atoms with Gasteiger partial charge in [-0.05, 0) is 114 Å². The van der Waals surface area contributed by atoms with Crippen molar-refractivity contribution in [2.75, 3.05) is 4.90 Å². The number of hydrogen-bond donors (Lipinski definition) is 0. The predicted octanol–water partition coefficient (Wildman–Crippen LogP) is 16.6. The van der Waals surface area contributed by atoms with Gasteiger partial charge in [0, 0.05) is 42.4 Å². The van der Waals surface area contributed by atoms with Gasteiger partial charge in [0.1, 0.15) is 0 Å². The Labute approximate surface area is 355 Å². The van der Waals surface area contributed by atoms with Crippen LogP contribution in [0, 0.1) is 0 Å². The molecule has 2 aliphatic rings. The lowest BCUT2D eigenvalue weighted by Crippen LogP contribution is -2.27. The summed E-state index contributed by atoms with van der Waals surface area (Å²) in [6, 6.07) is 70.5. The van der Waals surface area contributed by atoms with E-state index in [-0.39, 0.29) is 10.8 Å². The van der Waals surface area contributed by atoms with Crippen LogP contribution in [0.2, 0.25) is 0 Å². The number of benzene rings is 9. The van der Waals surface area contributed by atoms with Gasteiger partial charge in [-0.3, -0.25) is 0 Å². The van der Waals surface area contributed by atoms with E-state index in [2.05, 4.69) is 221 Å². The summed E-state index contributed by atoms with van der Waals surface area (Å²) in [5, 5.41) is 5.29. The summed E-state index contributed by atoms with van der Waals surface area (Å²) in [6.07, 6.45) is 0. The van der Waals surface area contributed by atoms with Gasteiger partial charge in [-0.25, -0.2) is 0 Å². The molecule has 0 atom stereocenters. The van der Waals surface area contributed by atoms with E-state index >= 15 is 0 Å². The molecule has 0 amide bonds. The van der Waals surface area contributed by atoms with E-state index in [1.54, 1.807) is 0 Å². The molecule has 0 spiro atoms. The zero-order chi connectivity index (χ0) is 40.3. The zero-order valence-corrected chi connectivity index (χ0v) is 35.1. The highest BCUT2D eigenvalue weighted by atomic mass is 32.1. The molecule has 0 saturated carbocycles. The van der Waals surface area contributed by atoms with E-state index in [9.17, 15) is 0 Å². The molecule has 286 valence electrons. The topological polar surface area (TPSA) is 3.24 Å². The van der Waals surface area contributed by atoms with Gasteiger partial charge in [-0.15, -0.1) is 11.3 Å². The second-order valence-electron chi connectivity index (χ2n) is 17.6. The normalized spacial score (nSPS) is 14.3. The second-order valence-corrected chi connectivity index (χ2v) is 18.7. The number of fused-ring (bicyclic) bond motifs is 8. The molecule has 10 aromatic rings. The fourth-order valence-corrected chi connectivity index (χ4v) is 12.0. The van der Waals surface area contributed by atoms with Gasteiger partial charge in [0.2, 0.25) is 0 Å². The maximum atomic E-state index is 2.54. The summed E-state index contributed by atoms with van der Waals surface area (Å²) in [4.78, 5) is 2.54. The SMILES string of the molecule is CC1(C)c2ccccc2-c2ccc(N(c3ccc(-c4cccc5c4sc4ccccc45)cc3)c3cccc4c3C(C)(C)c3cccc5ccc(-c6ccccc6)c-4c35)cc21. The number of hydrogen-bond acceptors (Lipinski definition) is 2. The molecule has 1 nitrogen and oxygen atoms in total. The molecule has 9 aromatic carbocycles. The van der Waals surface area contributed by atoms with Crippen LogP contribution in [0.5, 0.6) is 0 Å². The Morgan fingerprint density at radius 2 is 1.05 bits per heavy atom. The van der Waals surface area contributed by atoms with E-state index < -0.39 is 0 Å². The highest BCUT2D eigenvalue weighted by molar-refractivity contribution is 7.26. The number of nitrogens with zero attached hydrogens (tertiary/aromatic N) is 1. The molecular weight excluding hydrogens is 743 g/mol. The molecule has 0 unspecified atom stereocenters. The molecule has 0 aliphatic heterocycles. The van der Waals surface area contributed by atoms with Crippen molar-refractivity contribution in [1.82, 2.24) is 0 Å². The van der Waals surface area contributed by atoms with Gasteiger partial charge in [0.25, 0.3) is 0 Å². The Morgan fingerprint density at radius 3 is 1.92 bits per heavy atom. The quantitative estimate of drug-likeness (QED) is 0.168. The van der Waals surface area contributed by atoms with E-state index in [1.165, 1.54) is 109 Å². The highest BCUT2D eigenvalue weighted by Gasteiger charge is 2.39. The Bertz CT molecular complexity index is 3370. The molecular formula is C58H43NS. The van der Waals surface area contributed by atoms with Crippen LogP contribution >= 0.6 is 11.3 Å². The van der Waals surface area contributed by atoms with Crippen molar-refractivity contribution in [2.45, 2.75) is 38.5 Å². The summed E-state index contributed by atoms with van der Waals surface area (Å²) in [7, 11) is 0. The van der Waals surface area contributed by atoms with Crippen molar-refractivity contribution in [3.8, 4) is 44.5 Å². The van der Waals surface area contributed by atoms with Crippen LogP contribution < -0.4 is 4.90 Å². The lowest BCUT2D eigenvalue weighted by molar-refractivity contribution is 0.645. The number of anilines is 3. The summed E-state index contributed by atoms with van der Waals surface area (Å²) >= 11 is 1.89. The molecule has 2 aliphatic carbocycles. The first-order chi connectivity index (χ1) is 29.3. The Kier molecular flexibility index (Phi) is 7.56. The van der Waals surface area contributed by atoms with Gasteiger partial charge in [-0.1, -0.05) is 179 Å². The monoisotopic (exact) mass is 785 g/mol. The molecule has 0 fully saturated rings. The van der Waals surface area contributed by atoms with Crippen LogP contribution in [0.15, 0.2) is 188 Å². The molecule has 2 heteroatoms. The summed E-state index contributed by atoms with van der Waals surface area (Å²) in [5.41, 5.74) is 18.8. The van der Waals surface area contributed by atoms with Gasteiger partial charge in [-0.2, -0.15) is 0 Å². The summed E-state index contributed by atoms with van der Waals surface area (Å²) in [6.45, 7) is 9.62. The highest BCUT2D eigenvalue weighted by Crippen LogP contribution is 2.57. The molecule has 12 rings (SSSR count). The minimum absolute atomic E-state index is 0.130. The smallest absolute Gasteiger partial charge is 0.0508 e. The van der Waals surface area contributed by atoms with Crippen LogP contribution in [0.3, 0.4) is 0 Å². The molecule has 0 N–H and O–H groups in total. The van der Waals surface area contributed by atoms with Crippen LogP contribution in [-0.4, -0.2) is 0 Å². The molecule has 0 saturated heterocycles. The van der Waals surface area contributed by atoms with Gasteiger partial charge < -0.3 is 4.90 Å². The van der Waals surface area contributed by atoms with Crippen LogP contribution in [-0.2, 0) is 10.8 Å². The predicted molar refractivity (Wildman–Crippen MR) is 258 cm³/mol. The van der Waals surface area contributed by atoms with E-state index in [1.807, 2.05) is 11.3 Å². The standard InChI is InChI=1S/C58H43NS/c1-57(2)48-23-10-8-18-43(48)44-34-32-40(35-50(44)57)59(39-30-27-37(28-31-39)42-20-13-21-46-45-19-9-11-26-52(45)60-56(42)46)51-25-14-22-47-54-41(36-15-6-5-7-16-36)33-29-38-17-12-24-49(53(38)54)58(3,4)55(47)51/h5-35H,1-4H3. The lowest BCUT2D eigenvalue weighted by atomic mass is 9.66. The number of rotatable bonds is 5. The maximum Gasteiger partial charge on any atom is 0.0508 e. The van der Waals surface area contributed by atoms with Crippen LogP contribution in [0.4, 0.5) is 17.1 Å². The first-order valence-electron chi connectivity index (χ1n) is 21.1. The largest absolute Gasteiger partial charge is 0.310 e. The van der Waals surface area contributed by atoms with Crippen LogP contribution in [0.1, 0.15) is 49.9 Å². The van der Waals surface area contributed by atoms with E-state index in [0.29, 0.717) is 0 Å². The summed E-state index contributed by atoms with van der Waals surface area (Å²) < 4.78 is 2.67. The first-order valence-corrected chi connectivity index (χ1v) is 21.9. The third-order valence-corrected chi connectivity index (χ3v) is 14.9. The third kappa shape index (κ3) is 4.98. The van der Waals surface area contributed by atoms with Crippen LogP contribution in [0.25, 0.3) is 75.5 Å². The minimum atomic E-state index is -0.297. The molecule has 1 heterocycles. The van der Waals surface area contributed by atoms with Crippen molar-refractivity contribution in [3.05, 3.63) is 210 Å².